The van der Waals surface area contributed by atoms with Gasteiger partial charge in [-0.25, -0.2) is 4.79 Å². The number of aliphatic hydroxyl groups is 1. The highest BCUT2D eigenvalue weighted by atomic mass is 16.7. The van der Waals surface area contributed by atoms with Crippen molar-refractivity contribution < 1.29 is 33.6 Å². The van der Waals surface area contributed by atoms with E-state index in [0.29, 0.717) is 34.1 Å². The Balaban J connectivity index is 1.67. The van der Waals surface area contributed by atoms with Gasteiger partial charge in [-0.15, -0.1) is 0 Å². The molecule has 3 heterocycles. The fourth-order valence-electron chi connectivity index (χ4n) is 3.62. The first-order chi connectivity index (χ1) is 13.2. The number of hydrogen-bond donors (Lipinski definition) is 1. The molecule has 1 N–H and O–H groups in total. The zero-order valence-corrected chi connectivity index (χ0v) is 14.3. The molecule has 0 saturated carbocycles. The second-order valence-corrected chi connectivity index (χ2v) is 6.41. The monoisotopic (exact) mass is 368 g/mol. The molecule has 0 aliphatic carbocycles. The first kappa shape index (κ1) is 16.0. The molecule has 0 amide bonds. The van der Waals surface area contributed by atoms with Crippen LogP contribution in [0.1, 0.15) is 17.0 Å². The van der Waals surface area contributed by atoms with Gasteiger partial charge in [0.25, 0.3) is 0 Å². The minimum Gasteiger partial charge on any atom is -0.458 e. The van der Waals surface area contributed by atoms with Gasteiger partial charge in [-0.2, -0.15) is 0 Å². The van der Waals surface area contributed by atoms with E-state index in [1.807, 2.05) is 36.4 Å². The average molecular weight is 368 g/mol. The van der Waals surface area contributed by atoms with Crippen LogP contribution in [0.15, 0.2) is 47.5 Å². The minimum atomic E-state index is -0.439. The van der Waals surface area contributed by atoms with Gasteiger partial charge in [0.15, 0.2) is 23.0 Å². The van der Waals surface area contributed by atoms with Crippen molar-refractivity contribution in [2.24, 2.45) is 0 Å². The Kier molecular flexibility index (Phi) is 3.68. The standard InChI is InChI=1S/C20H16O7/c21-7-13-8-23-20(22)19(13)18(11-1-3-14-16(5-11)26-9-24-14)12-2-4-15-17(6-12)27-10-25-15/h1-6,18,21H,7-10H2. The molecule has 2 aromatic rings. The number of carbonyl (C=O) groups excluding carboxylic acids is 1. The number of cyclic esters (lactones) is 1. The first-order valence-electron chi connectivity index (χ1n) is 8.53. The molecule has 3 aliphatic heterocycles. The molecule has 7 heteroatoms. The second-order valence-electron chi connectivity index (χ2n) is 6.41. The van der Waals surface area contributed by atoms with Crippen molar-refractivity contribution in [1.82, 2.24) is 0 Å². The third kappa shape index (κ3) is 2.59. The summed E-state index contributed by atoms with van der Waals surface area (Å²) < 4.78 is 27.0. The van der Waals surface area contributed by atoms with E-state index in [4.69, 9.17) is 23.7 Å². The SMILES string of the molecule is O=C1OCC(CO)=C1C(c1ccc2c(c1)OCO2)c1ccc2c(c1)OCO2. The molecule has 0 fully saturated rings. The Bertz CT molecular complexity index is 905. The lowest BCUT2D eigenvalue weighted by Gasteiger charge is -2.20. The van der Waals surface area contributed by atoms with Gasteiger partial charge >= 0.3 is 5.97 Å². The Morgan fingerprint density at radius 1 is 0.815 bits per heavy atom. The topological polar surface area (TPSA) is 83.5 Å². The summed E-state index contributed by atoms with van der Waals surface area (Å²) in [5.74, 6) is 1.69. The van der Waals surface area contributed by atoms with Crippen molar-refractivity contribution in [3.8, 4) is 23.0 Å². The van der Waals surface area contributed by atoms with Crippen LogP contribution in [-0.2, 0) is 9.53 Å². The summed E-state index contributed by atoms with van der Waals surface area (Å²) in [5.41, 5.74) is 2.67. The Labute approximate surface area is 154 Å². The van der Waals surface area contributed by atoms with Gasteiger partial charge < -0.3 is 28.8 Å². The lowest BCUT2D eigenvalue weighted by Crippen LogP contribution is -2.12. The number of rotatable bonds is 4. The summed E-state index contributed by atoms with van der Waals surface area (Å²) in [6.45, 7) is 0.184. The maximum Gasteiger partial charge on any atom is 0.335 e. The summed E-state index contributed by atoms with van der Waals surface area (Å²) in [6, 6.07) is 11.1. The second kappa shape index (κ2) is 6.21. The van der Waals surface area contributed by atoms with E-state index in [9.17, 15) is 9.90 Å². The summed E-state index contributed by atoms with van der Waals surface area (Å²) in [5, 5.41) is 9.73. The smallest absolute Gasteiger partial charge is 0.335 e. The molecule has 0 bridgehead atoms. The molecule has 0 saturated heterocycles. The van der Waals surface area contributed by atoms with E-state index in [-0.39, 0.29) is 26.8 Å². The highest BCUT2D eigenvalue weighted by Crippen LogP contribution is 2.44. The fourth-order valence-corrected chi connectivity index (χ4v) is 3.62. The highest BCUT2D eigenvalue weighted by Gasteiger charge is 2.34. The van der Waals surface area contributed by atoms with Crippen molar-refractivity contribution in [3.05, 3.63) is 58.7 Å². The van der Waals surface area contributed by atoms with Gasteiger partial charge in [0.1, 0.15) is 6.61 Å². The third-order valence-electron chi connectivity index (χ3n) is 4.92. The molecular formula is C20H16O7. The van der Waals surface area contributed by atoms with E-state index in [1.54, 1.807) is 0 Å². The lowest BCUT2D eigenvalue weighted by molar-refractivity contribution is -0.136. The van der Waals surface area contributed by atoms with Crippen LogP contribution in [0.25, 0.3) is 0 Å². The zero-order chi connectivity index (χ0) is 18.4. The molecule has 0 atom stereocenters. The molecule has 0 radical (unpaired) electrons. The predicted octanol–water partition coefficient (Wildman–Crippen LogP) is 2.12. The van der Waals surface area contributed by atoms with Crippen molar-refractivity contribution >= 4 is 5.97 Å². The maximum atomic E-state index is 12.5. The predicted molar refractivity (Wildman–Crippen MR) is 92.0 cm³/mol. The van der Waals surface area contributed by atoms with Crippen LogP contribution >= 0.6 is 0 Å². The maximum absolute atomic E-state index is 12.5. The number of ether oxygens (including phenoxy) is 5. The highest BCUT2D eigenvalue weighted by molar-refractivity contribution is 5.94. The van der Waals surface area contributed by atoms with E-state index >= 15 is 0 Å². The van der Waals surface area contributed by atoms with E-state index < -0.39 is 11.9 Å². The molecule has 5 rings (SSSR count). The number of fused-ring (bicyclic) bond motifs is 2. The molecule has 0 spiro atoms. The fraction of sp³-hybridized carbons (Fsp3) is 0.250. The van der Waals surface area contributed by atoms with Crippen molar-refractivity contribution in [2.75, 3.05) is 26.8 Å². The van der Waals surface area contributed by atoms with Crippen molar-refractivity contribution in [1.29, 1.82) is 0 Å². The van der Waals surface area contributed by atoms with Crippen LogP contribution in [-0.4, -0.2) is 37.9 Å². The van der Waals surface area contributed by atoms with Gasteiger partial charge in [0.2, 0.25) is 13.6 Å². The Morgan fingerprint density at radius 3 is 1.93 bits per heavy atom. The quantitative estimate of drug-likeness (QED) is 0.828. The minimum absolute atomic E-state index is 0.0935. The molecule has 7 nitrogen and oxygen atoms in total. The number of aliphatic hydroxyl groups excluding tert-OH is 1. The third-order valence-corrected chi connectivity index (χ3v) is 4.92. The molecule has 138 valence electrons. The Hall–Kier alpha value is -3.19. The van der Waals surface area contributed by atoms with E-state index in [0.717, 1.165) is 11.1 Å². The van der Waals surface area contributed by atoms with Gasteiger partial charge in [0.05, 0.1) is 12.2 Å². The van der Waals surface area contributed by atoms with Crippen LogP contribution in [0.4, 0.5) is 0 Å². The first-order valence-corrected chi connectivity index (χ1v) is 8.53. The molecule has 3 aliphatic rings. The van der Waals surface area contributed by atoms with Gasteiger partial charge in [-0.1, -0.05) is 12.1 Å². The Morgan fingerprint density at radius 2 is 1.37 bits per heavy atom. The molecule has 0 aromatic heterocycles. The number of benzene rings is 2. The summed E-state index contributed by atoms with van der Waals surface area (Å²) in [6.07, 6.45) is 0. The summed E-state index contributed by atoms with van der Waals surface area (Å²) in [4.78, 5) is 12.5. The zero-order valence-electron chi connectivity index (χ0n) is 14.3. The van der Waals surface area contributed by atoms with Gasteiger partial charge in [-0.05, 0) is 35.4 Å². The van der Waals surface area contributed by atoms with E-state index in [1.165, 1.54) is 0 Å². The summed E-state index contributed by atoms with van der Waals surface area (Å²) in [7, 11) is 0. The molecular weight excluding hydrogens is 352 g/mol. The van der Waals surface area contributed by atoms with Crippen LogP contribution < -0.4 is 18.9 Å². The van der Waals surface area contributed by atoms with Crippen LogP contribution in [0.5, 0.6) is 23.0 Å². The van der Waals surface area contributed by atoms with Crippen molar-refractivity contribution in [2.45, 2.75) is 5.92 Å². The van der Waals surface area contributed by atoms with Gasteiger partial charge in [-0.3, -0.25) is 0 Å². The van der Waals surface area contributed by atoms with Crippen molar-refractivity contribution in [3.63, 3.8) is 0 Å². The number of esters is 1. The largest absolute Gasteiger partial charge is 0.458 e. The molecule has 2 aromatic carbocycles. The lowest BCUT2D eigenvalue weighted by atomic mass is 9.83. The number of hydrogen-bond acceptors (Lipinski definition) is 7. The normalized spacial score (nSPS) is 17.0. The molecule has 0 unspecified atom stereocenters. The van der Waals surface area contributed by atoms with Crippen LogP contribution in [0.3, 0.4) is 0 Å². The molecule has 27 heavy (non-hydrogen) atoms. The van der Waals surface area contributed by atoms with Crippen LogP contribution in [0.2, 0.25) is 0 Å². The number of carbonyl (C=O) groups is 1. The summed E-state index contributed by atoms with van der Waals surface area (Å²) >= 11 is 0. The van der Waals surface area contributed by atoms with Crippen LogP contribution in [0, 0.1) is 0 Å². The average Bonchev–Trinajstić information content (AvgIpc) is 3.41. The van der Waals surface area contributed by atoms with Gasteiger partial charge in [0, 0.05) is 11.5 Å². The van der Waals surface area contributed by atoms with E-state index in [2.05, 4.69) is 0 Å².